The van der Waals surface area contributed by atoms with Crippen molar-refractivity contribution in [2.75, 3.05) is 0 Å². The molecular weight excluding hydrogens is 234 g/mol. The highest BCUT2D eigenvalue weighted by Crippen LogP contribution is 2.39. The van der Waals surface area contributed by atoms with Crippen molar-refractivity contribution in [1.82, 2.24) is 5.48 Å². The highest BCUT2D eigenvalue weighted by molar-refractivity contribution is 5.27. The summed E-state index contributed by atoms with van der Waals surface area (Å²) < 4.78 is 0. The second-order valence-corrected chi connectivity index (χ2v) is 5.11. The normalized spacial score (nSPS) is 14.5. The van der Waals surface area contributed by atoms with Gasteiger partial charge in [-0.05, 0) is 35.4 Å². The lowest BCUT2D eigenvalue weighted by Crippen LogP contribution is -2.13. The van der Waals surface area contributed by atoms with Crippen LogP contribution in [0.1, 0.15) is 35.4 Å². The number of hydroxylamine groups is 1. The zero-order valence-electron chi connectivity index (χ0n) is 11.0. The fourth-order valence-corrected chi connectivity index (χ4v) is 2.17. The Morgan fingerprint density at radius 2 is 1.63 bits per heavy atom. The molecule has 1 N–H and O–H groups in total. The van der Waals surface area contributed by atoms with Gasteiger partial charge >= 0.3 is 0 Å². The van der Waals surface area contributed by atoms with Crippen LogP contribution in [0.2, 0.25) is 0 Å². The summed E-state index contributed by atoms with van der Waals surface area (Å²) in [5.74, 6) is 0.830. The minimum absolute atomic E-state index is 0.598. The Morgan fingerprint density at radius 1 is 0.895 bits per heavy atom. The molecule has 98 valence electrons. The van der Waals surface area contributed by atoms with Gasteiger partial charge in [0.1, 0.15) is 0 Å². The molecule has 0 aromatic heterocycles. The van der Waals surface area contributed by atoms with Gasteiger partial charge in [0, 0.05) is 6.54 Å². The molecule has 2 nitrogen and oxygen atoms in total. The highest BCUT2D eigenvalue weighted by Gasteiger charge is 2.22. The van der Waals surface area contributed by atoms with Crippen molar-refractivity contribution in [3.63, 3.8) is 0 Å². The Kier molecular flexibility index (Phi) is 3.92. The quantitative estimate of drug-likeness (QED) is 0.625. The summed E-state index contributed by atoms with van der Waals surface area (Å²) in [4.78, 5) is 5.46. The lowest BCUT2D eigenvalue weighted by molar-refractivity contribution is 0.0235. The lowest BCUT2D eigenvalue weighted by atomic mass is 10.1. The molecule has 0 bridgehead atoms. The Hall–Kier alpha value is -1.64. The van der Waals surface area contributed by atoms with Crippen LogP contribution in [0.15, 0.2) is 54.6 Å². The summed E-state index contributed by atoms with van der Waals surface area (Å²) in [6, 6.07) is 19.0. The van der Waals surface area contributed by atoms with Crippen molar-refractivity contribution in [3.8, 4) is 0 Å². The molecule has 0 radical (unpaired) electrons. The van der Waals surface area contributed by atoms with Crippen LogP contribution in [0, 0.1) is 0 Å². The molecular formula is C17H19NO. The van der Waals surface area contributed by atoms with Gasteiger partial charge in [-0.1, -0.05) is 54.6 Å². The van der Waals surface area contributed by atoms with E-state index in [1.54, 1.807) is 0 Å². The topological polar surface area (TPSA) is 21.3 Å². The first-order chi connectivity index (χ1) is 9.42. The SMILES string of the molecule is c1ccc(CONCc2ccc(C3CC3)cc2)cc1. The van der Waals surface area contributed by atoms with E-state index < -0.39 is 0 Å². The van der Waals surface area contributed by atoms with Gasteiger partial charge in [-0.15, -0.1) is 0 Å². The maximum absolute atomic E-state index is 5.46. The molecule has 0 spiro atoms. The molecule has 1 fully saturated rings. The minimum Gasteiger partial charge on any atom is -0.297 e. The molecule has 0 saturated heterocycles. The summed E-state index contributed by atoms with van der Waals surface area (Å²) in [5.41, 5.74) is 6.94. The van der Waals surface area contributed by atoms with E-state index in [0.717, 1.165) is 12.5 Å². The second kappa shape index (κ2) is 6.00. The zero-order chi connectivity index (χ0) is 12.9. The maximum atomic E-state index is 5.46. The average molecular weight is 253 g/mol. The summed E-state index contributed by atoms with van der Waals surface area (Å²) >= 11 is 0. The molecule has 1 aliphatic carbocycles. The summed E-state index contributed by atoms with van der Waals surface area (Å²) in [5, 5.41) is 0. The Morgan fingerprint density at radius 3 is 2.32 bits per heavy atom. The second-order valence-electron chi connectivity index (χ2n) is 5.11. The predicted octanol–water partition coefficient (Wildman–Crippen LogP) is 3.79. The number of rotatable bonds is 6. The van der Waals surface area contributed by atoms with E-state index in [4.69, 9.17) is 4.84 Å². The van der Waals surface area contributed by atoms with Crippen LogP contribution in [0.25, 0.3) is 0 Å². The molecule has 1 aliphatic rings. The van der Waals surface area contributed by atoms with Gasteiger partial charge in [0.05, 0.1) is 6.61 Å². The number of hydrogen-bond acceptors (Lipinski definition) is 2. The van der Waals surface area contributed by atoms with Crippen molar-refractivity contribution >= 4 is 0 Å². The molecule has 3 rings (SSSR count). The summed E-state index contributed by atoms with van der Waals surface area (Å²) in [6.45, 7) is 1.35. The fraction of sp³-hybridized carbons (Fsp3) is 0.294. The van der Waals surface area contributed by atoms with Gasteiger partial charge in [0.2, 0.25) is 0 Å². The Labute approximate surface area is 114 Å². The molecule has 19 heavy (non-hydrogen) atoms. The third kappa shape index (κ3) is 3.66. The van der Waals surface area contributed by atoms with E-state index in [9.17, 15) is 0 Å². The molecule has 0 aliphatic heterocycles. The van der Waals surface area contributed by atoms with E-state index in [1.165, 1.54) is 29.5 Å². The molecule has 0 atom stereocenters. The smallest absolute Gasteiger partial charge is 0.0933 e. The van der Waals surface area contributed by atoms with Crippen molar-refractivity contribution in [3.05, 3.63) is 71.3 Å². The Bertz CT molecular complexity index is 503. The molecule has 2 aromatic rings. The van der Waals surface area contributed by atoms with Gasteiger partial charge in [-0.3, -0.25) is 4.84 Å². The van der Waals surface area contributed by atoms with Crippen molar-refractivity contribution in [1.29, 1.82) is 0 Å². The van der Waals surface area contributed by atoms with Crippen LogP contribution < -0.4 is 5.48 Å². The number of nitrogens with one attached hydrogen (secondary N) is 1. The van der Waals surface area contributed by atoms with Crippen LogP contribution in [-0.2, 0) is 18.0 Å². The first-order valence-corrected chi connectivity index (χ1v) is 6.89. The third-order valence-electron chi connectivity index (χ3n) is 3.49. The maximum Gasteiger partial charge on any atom is 0.0933 e. The minimum atomic E-state index is 0.598. The largest absolute Gasteiger partial charge is 0.297 e. The van der Waals surface area contributed by atoms with Crippen molar-refractivity contribution < 1.29 is 4.84 Å². The monoisotopic (exact) mass is 253 g/mol. The summed E-state index contributed by atoms with van der Waals surface area (Å²) in [7, 11) is 0. The van der Waals surface area contributed by atoms with Gasteiger partial charge in [0.15, 0.2) is 0 Å². The van der Waals surface area contributed by atoms with Crippen LogP contribution in [-0.4, -0.2) is 0 Å². The van der Waals surface area contributed by atoms with E-state index in [-0.39, 0.29) is 0 Å². The van der Waals surface area contributed by atoms with E-state index in [0.29, 0.717) is 6.61 Å². The van der Waals surface area contributed by atoms with Gasteiger partial charge in [0.25, 0.3) is 0 Å². The predicted molar refractivity (Wildman–Crippen MR) is 76.5 cm³/mol. The van der Waals surface area contributed by atoms with Crippen LogP contribution in [0.4, 0.5) is 0 Å². The lowest BCUT2D eigenvalue weighted by Gasteiger charge is -2.07. The molecule has 0 unspecified atom stereocenters. The molecule has 0 amide bonds. The summed E-state index contributed by atoms with van der Waals surface area (Å²) in [6.07, 6.45) is 2.72. The third-order valence-corrected chi connectivity index (χ3v) is 3.49. The fourth-order valence-electron chi connectivity index (χ4n) is 2.17. The molecule has 2 aromatic carbocycles. The first-order valence-electron chi connectivity index (χ1n) is 6.89. The van der Waals surface area contributed by atoms with E-state index in [1.807, 2.05) is 18.2 Å². The van der Waals surface area contributed by atoms with Crippen LogP contribution in [0.3, 0.4) is 0 Å². The first kappa shape index (κ1) is 12.4. The molecule has 1 saturated carbocycles. The number of hydrogen-bond donors (Lipinski definition) is 1. The van der Waals surface area contributed by atoms with Gasteiger partial charge in [-0.25, -0.2) is 0 Å². The zero-order valence-corrected chi connectivity index (χ0v) is 11.0. The van der Waals surface area contributed by atoms with Crippen molar-refractivity contribution in [2.45, 2.75) is 31.9 Å². The molecule has 2 heteroatoms. The highest BCUT2D eigenvalue weighted by atomic mass is 16.6. The van der Waals surface area contributed by atoms with Crippen molar-refractivity contribution in [2.24, 2.45) is 0 Å². The average Bonchev–Trinajstić information content (AvgIpc) is 3.30. The van der Waals surface area contributed by atoms with Crippen LogP contribution >= 0.6 is 0 Å². The van der Waals surface area contributed by atoms with Gasteiger partial charge in [-0.2, -0.15) is 5.48 Å². The van der Waals surface area contributed by atoms with Crippen LogP contribution in [0.5, 0.6) is 0 Å². The Balaban J connectivity index is 1.42. The number of benzene rings is 2. The van der Waals surface area contributed by atoms with E-state index >= 15 is 0 Å². The standard InChI is InChI=1S/C17H19NO/c1-2-4-15(5-3-1)13-19-18-12-14-6-8-16(9-7-14)17-10-11-17/h1-9,17-18H,10-13H2. The van der Waals surface area contributed by atoms with E-state index in [2.05, 4.69) is 41.9 Å². The molecule has 0 heterocycles. The van der Waals surface area contributed by atoms with Gasteiger partial charge < -0.3 is 0 Å².